The number of hydrogen-bond donors (Lipinski definition) is 3. The maximum Gasteiger partial charge on any atom is 0.165 e. The van der Waals surface area contributed by atoms with E-state index in [1.165, 1.54) is 0 Å². The molecule has 4 N–H and O–H groups in total. The van der Waals surface area contributed by atoms with E-state index in [0.29, 0.717) is 34.7 Å². The third kappa shape index (κ3) is 6.38. The molecular formula is C23H30N6OS. The number of Topliss-reactive ketones (excluding diaryl/α,β-unsaturated/α-hetero) is 1. The van der Waals surface area contributed by atoms with Crippen molar-refractivity contribution in [2.24, 2.45) is 17.0 Å². The van der Waals surface area contributed by atoms with Crippen LogP contribution in [-0.4, -0.2) is 32.8 Å². The Morgan fingerprint density at radius 1 is 1.45 bits per heavy atom. The van der Waals surface area contributed by atoms with Gasteiger partial charge in [0, 0.05) is 18.2 Å². The maximum atomic E-state index is 13.1. The van der Waals surface area contributed by atoms with Crippen molar-refractivity contribution < 1.29 is 4.79 Å². The Balaban J connectivity index is 1.91. The molecule has 0 aromatic carbocycles. The lowest BCUT2D eigenvalue weighted by molar-refractivity contribution is -0.116. The van der Waals surface area contributed by atoms with Crippen molar-refractivity contribution in [2.75, 3.05) is 11.2 Å². The normalized spacial score (nSPS) is 21.2. The fourth-order valence-electron chi connectivity index (χ4n) is 3.61. The van der Waals surface area contributed by atoms with Gasteiger partial charge in [-0.2, -0.15) is 17.3 Å². The molecule has 2 atom stereocenters. The number of thioether (sulfide) groups is 1. The molecular weight excluding hydrogens is 408 g/mol. The van der Waals surface area contributed by atoms with Crippen LogP contribution < -0.4 is 11.3 Å². The average molecular weight is 439 g/mol. The number of rotatable bonds is 9. The van der Waals surface area contributed by atoms with Crippen molar-refractivity contribution in [3.63, 3.8) is 0 Å². The number of nitrogens with two attached hydrogens (primary N) is 1. The minimum atomic E-state index is -0.0261. The molecule has 0 saturated carbocycles. The van der Waals surface area contributed by atoms with Gasteiger partial charge < -0.3 is 5.01 Å². The highest BCUT2D eigenvalue weighted by atomic mass is 32.2. The van der Waals surface area contributed by atoms with E-state index in [2.05, 4.69) is 35.6 Å². The number of nitrogens with zero attached hydrogens (tertiary/aromatic N) is 3. The summed E-state index contributed by atoms with van der Waals surface area (Å²) in [4.78, 5) is 17.3. The van der Waals surface area contributed by atoms with E-state index in [0.717, 1.165) is 24.2 Å². The quantitative estimate of drug-likeness (QED) is 0.288. The molecule has 31 heavy (non-hydrogen) atoms. The molecule has 2 aliphatic carbocycles. The zero-order valence-corrected chi connectivity index (χ0v) is 18.8. The number of ketones is 1. The Kier molecular flexibility index (Phi) is 8.20. The molecule has 0 aliphatic heterocycles. The van der Waals surface area contributed by atoms with Gasteiger partial charge in [-0.1, -0.05) is 49.5 Å². The number of hydrogen-bond acceptors (Lipinski definition) is 7. The molecule has 0 spiro atoms. The van der Waals surface area contributed by atoms with E-state index in [4.69, 9.17) is 11.4 Å². The molecule has 0 saturated heterocycles. The second-order valence-electron chi connectivity index (χ2n) is 7.98. The van der Waals surface area contributed by atoms with Crippen LogP contribution in [0.15, 0.2) is 65.2 Å². The van der Waals surface area contributed by atoms with E-state index in [9.17, 15) is 4.79 Å². The molecule has 2 aliphatic rings. The minimum Gasteiger partial charge on any atom is -0.303 e. The highest BCUT2D eigenvalue weighted by Gasteiger charge is 2.28. The van der Waals surface area contributed by atoms with Gasteiger partial charge in [-0.25, -0.2) is 16.3 Å². The first-order valence-corrected chi connectivity index (χ1v) is 11.6. The number of allylic oxidation sites excluding steroid dienone is 4. The summed E-state index contributed by atoms with van der Waals surface area (Å²) >= 11 is 1.90. The molecule has 7 nitrogen and oxygen atoms in total. The molecule has 1 heterocycles. The Bertz CT molecular complexity index is 920. The van der Waals surface area contributed by atoms with E-state index < -0.39 is 0 Å². The van der Waals surface area contributed by atoms with E-state index >= 15 is 0 Å². The number of pyridine rings is 1. The molecule has 0 bridgehead atoms. The first-order chi connectivity index (χ1) is 15.0. The van der Waals surface area contributed by atoms with E-state index in [-0.39, 0.29) is 11.8 Å². The molecule has 1 aromatic rings. The Morgan fingerprint density at radius 3 is 2.97 bits per heavy atom. The van der Waals surface area contributed by atoms with Crippen LogP contribution in [0.2, 0.25) is 0 Å². The third-order valence-electron chi connectivity index (χ3n) is 5.22. The van der Waals surface area contributed by atoms with Crippen LogP contribution in [-0.2, 0) is 4.79 Å². The number of aromatic nitrogens is 1. The second kappa shape index (κ2) is 11.1. The van der Waals surface area contributed by atoms with Gasteiger partial charge in [-0.05, 0) is 53.5 Å². The second-order valence-corrected chi connectivity index (χ2v) is 9.59. The first kappa shape index (κ1) is 23.0. The molecule has 0 amide bonds. The van der Waals surface area contributed by atoms with Crippen molar-refractivity contribution in [3.8, 4) is 0 Å². The minimum absolute atomic E-state index is 0.0261. The van der Waals surface area contributed by atoms with Gasteiger partial charge in [0.25, 0.3) is 0 Å². The summed E-state index contributed by atoms with van der Waals surface area (Å²) in [5.41, 5.74) is 11.7. The molecule has 3 rings (SSSR count). The van der Waals surface area contributed by atoms with Crippen LogP contribution >= 0.6 is 11.8 Å². The molecule has 0 radical (unpaired) electrons. The van der Waals surface area contributed by atoms with Gasteiger partial charge in [-0.3, -0.25) is 4.79 Å². The summed E-state index contributed by atoms with van der Waals surface area (Å²) < 4.78 is 0. The summed E-state index contributed by atoms with van der Waals surface area (Å²) in [6.45, 7) is 4.36. The lowest BCUT2D eigenvalue weighted by Gasteiger charge is -2.32. The summed E-state index contributed by atoms with van der Waals surface area (Å²) in [7, 11) is 0. The molecule has 0 fully saturated rings. The SMILES string of the molecule is CC(C)SCC1CC=C(/C(=C/c2ccnc(NN=N)c2)N(N)C2C=CC=CC2)C(=O)C1. The number of carbonyl (C=O) groups is 1. The van der Waals surface area contributed by atoms with Gasteiger partial charge in [0.15, 0.2) is 5.78 Å². The van der Waals surface area contributed by atoms with Gasteiger partial charge in [0.1, 0.15) is 5.82 Å². The lowest BCUT2D eigenvalue weighted by Crippen LogP contribution is -2.41. The molecule has 2 unspecified atom stereocenters. The highest BCUT2D eigenvalue weighted by molar-refractivity contribution is 7.99. The van der Waals surface area contributed by atoms with E-state index in [1.807, 2.05) is 48.2 Å². The molecule has 164 valence electrons. The summed E-state index contributed by atoms with van der Waals surface area (Å²) in [6, 6.07) is 3.59. The predicted octanol–water partition coefficient (Wildman–Crippen LogP) is 4.89. The smallest absolute Gasteiger partial charge is 0.165 e. The van der Waals surface area contributed by atoms with E-state index in [1.54, 1.807) is 17.3 Å². The maximum absolute atomic E-state index is 13.1. The Labute approximate surface area is 188 Å². The fourth-order valence-corrected chi connectivity index (χ4v) is 4.52. The first-order valence-electron chi connectivity index (χ1n) is 10.5. The van der Waals surface area contributed by atoms with Crippen molar-refractivity contribution in [1.82, 2.24) is 9.99 Å². The average Bonchev–Trinajstić information content (AvgIpc) is 2.77. The van der Waals surface area contributed by atoms with Crippen LogP contribution in [0.1, 0.15) is 38.7 Å². The molecule has 1 aromatic heterocycles. The Hall–Kier alpha value is -2.71. The van der Waals surface area contributed by atoms with Gasteiger partial charge in [-0.15, -0.1) is 0 Å². The van der Waals surface area contributed by atoms with Gasteiger partial charge >= 0.3 is 0 Å². The zero-order chi connectivity index (χ0) is 22.2. The largest absolute Gasteiger partial charge is 0.303 e. The van der Waals surface area contributed by atoms with Crippen LogP contribution in [0.3, 0.4) is 0 Å². The van der Waals surface area contributed by atoms with Crippen molar-refractivity contribution in [3.05, 3.63) is 65.5 Å². The predicted molar refractivity (Wildman–Crippen MR) is 127 cm³/mol. The lowest BCUT2D eigenvalue weighted by atomic mass is 9.87. The monoisotopic (exact) mass is 438 g/mol. The zero-order valence-electron chi connectivity index (χ0n) is 18.0. The number of hydrazine groups is 1. The fraction of sp³-hybridized carbons (Fsp3) is 0.391. The summed E-state index contributed by atoms with van der Waals surface area (Å²) in [5, 5.41) is 5.42. The number of carbonyl (C=O) groups excluding carboxylic acids is 1. The highest BCUT2D eigenvalue weighted by Crippen LogP contribution is 2.32. The van der Waals surface area contributed by atoms with Crippen LogP contribution in [0.4, 0.5) is 5.82 Å². The van der Waals surface area contributed by atoms with Gasteiger partial charge in [0.05, 0.1) is 11.7 Å². The van der Waals surface area contributed by atoms with Crippen LogP contribution in [0, 0.1) is 11.4 Å². The summed E-state index contributed by atoms with van der Waals surface area (Å²) in [6.07, 6.45) is 15.9. The number of nitrogens with one attached hydrogen (secondary N) is 2. The number of anilines is 1. The Morgan fingerprint density at radius 2 is 2.29 bits per heavy atom. The molecule has 8 heteroatoms. The van der Waals surface area contributed by atoms with Crippen LogP contribution in [0.5, 0.6) is 0 Å². The van der Waals surface area contributed by atoms with Crippen molar-refractivity contribution in [2.45, 2.75) is 44.4 Å². The summed E-state index contributed by atoms with van der Waals surface area (Å²) in [5.74, 6) is 8.51. The van der Waals surface area contributed by atoms with Crippen molar-refractivity contribution in [1.29, 1.82) is 5.53 Å². The van der Waals surface area contributed by atoms with Gasteiger partial charge in [0.2, 0.25) is 0 Å². The third-order valence-corrected chi connectivity index (χ3v) is 6.55. The topological polar surface area (TPSA) is 107 Å². The standard InChI is InChI=1S/C23H30N6OS/c1-16(2)31-15-18-8-9-20(22(30)13-18)21(29(25)19-6-4-3-5-7-19)12-17-10-11-26-23(14-17)27-28-24/h3-6,9-12,14,16,18-19H,7-8,13,15,25H2,1-2H3,(H2,24,26,27)/b21-12-. The van der Waals surface area contributed by atoms with Crippen LogP contribution in [0.25, 0.3) is 6.08 Å². The van der Waals surface area contributed by atoms with Crippen molar-refractivity contribution >= 4 is 29.4 Å².